The van der Waals surface area contributed by atoms with Crippen molar-refractivity contribution < 1.29 is 0 Å². The fourth-order valence-electron chi connectivity index (χ4n) is 2.49. The van der Waals surface area contributed by atoms with Gasteiger partial charge < -0.3 is 5.73 Å². The molecule has 0 unspecified atom stereocenters. The first-order valence-corrected chi connectivity index (χ1v) is 6.73. The zero-order valence-corrected chi connectivity index (χ0v) is 12.0. The van der Waals surface area contributed by atoms with E-state index in [0.29, 0.717) is 6.54 Å². The molecular formula is C16H18N4. The lowest BCUT2D eigenvalue weighted by Crippen LogP contribution is -2.06. The molecule has 0 spiro atoms. The smallest absolute Gasteiger partial charge is 0.161 e. The highest BCUT2D eigenvalue weighted by Crippen LogP contribution is 2.25. The molecule has 102 valence electrons. The molecule has 2 N–H and O–H groups in total. The SMILES string of the molecule is Cc1nn(-c2ncc(CN)c3ccccc23)c(C)c1C. The number of rotatable bonds is 2. The first kappa shape index (κ1) is 12.8. The first-order valence-electron chi connectivity index (χ1n) is 6.73. The van der Waals surface area contributed by atoms with Crippen LogP contribution in [0.1, 0.15) is 22.5 Å². The molecule has 0 fully saturated rings. The van der Waals surface area contributed by atoms with Crippen LogP contribution >= 0.6 is 0 Å². The van der Waals surface area contributed by atoms with Gasteiger partial charge in [-0.15, -0.1) is 0 Å². The molecule has 3 aromatic rings. The molecule has 3 rings (SSSR count). The second-order valence-corrected chi connectivity index (χ2v) is 5.06. The summed E-state index contributed by atoms with van der Waals surface area (Å²) in [6.45, 7) is 6.67. The van der Waals surface area contributed by atoms with E-state index >= 15 is 0 Å². The van der Waals surface area contributed by atoms with E-state index in [4.69, 9.17) is 5.73 Å². The summed E-state index contributed by atoms with van der Waals surface area (Å²) in [5, 5.41) is 6.84. The predicted molar refractivity (Wildman–Crippen MR) is 81.0 cm³/mol. The van der Waals surface area contributed by atoms with Crippen molar-refractivity contribution in [3.63, 3.8) is 0 Å². The number of nitrogens with two attached hydrogens (primary N) is 1. The number of pyridine rings is 1. The standard InChI is InChI=1S/C16H18N4/c1-10-11(2)19-20(12(10)3)16-15-7-5-4-6-14(15)13(8-17)9-18-16/h4-7,9H,8,17H2,1-3H3. The minimum absolute atomic E-state index is 0.490. The van der Waals surface area contributed by atoms with E-state index < -0.39 is 0 Å². The van der Waals surface area contributed by atoms with Crippen molar-refractivity contribution >= 4 is 10.8 Å². The number of aromatic nitrogens is 3. The summed E-state index contributed by atoms with van der Waals surface area (Å²) >= 11 is 0. The third-order valence-electron chi connectivity index (χ3n) is 3.93. The molecule has 0 saturated carbocycles. The topological polar surface area (TPSA) is 56.7 Å². The van der Waals surface area contributed by atoms with Gasteiger partial charge in [0.2, 0.25) is 0 Å². The van der Waals surface area contributed by atoms with Crippen molar-refractivity contribution in [1.29, 1.82) is 0 Å². The molecule has 0 saturated heterocycles. The molecule has 0 bridgehead atoms. The number of benzene rings is 1. The average molecular weight is 266 g/mol. The minimum atomic E-state index is 0.490. The third kappa shape index (κ3) is 1.80. The summed E-state index contributed by atoms with van der Waals surface area (Å²) in [6.07, 6.45) is 1.85. The van der Waals surface area contributed by atoms with Crippen LogP contribution in [-0.2, 0) is 6.54 Å². The third-order valence-corrected chi connectivity index (χ3v) is 3.93. The summed E-state index contributed by atoms with van der Waals surface area (Å²) < 4.78 is 1.92. The van der Waals surface area contributed by atoms with Gasteiger partial charge in [0.1, 0.15) is 0 Å². The molecule has 1 aromatic carbocycles. The van der Waals surface area contributed by atoms with Crippen molar-refractivity contribution in [3.8, 4) is 5.82 Å². The van der Waals surface area contributed by atoms with Gasteiger partial charge in [0.15, 0.2) is 5.82 Å². The Morgan fingerprint density at radius 1 is 1.10 bits per heavy atom. The average Bonchev–Trinajstić information content (AvgIpc) is 2.73. The highest BCUT2D eigenvalue weighted by Gasteiger charge is 2.13. The molecule has 0 aliphatic heterocycles. The maximum atomic E-state index is 5.80. The van der Waals surface area contributed by atoms with Gasteiger partial charge in [-0.25, -0.2) is 9.67 Å². The van der Waals surface area contributed by atoms with Crippen LogP contribution in [0.25, 0.3) is 16.6 Å². The van der Waals surface area contributed by atoms with Crippen molar-refractivity contribution in [2.24, 2.45) is 5.73 Å². The summed E-state index contributed by atoms with van der Waals surface area (Å²) in [7, 11) is 0. The van der Waals surface area contributed by atoms with Gasteiger partial charge >= 0.3 is 0 Å². The van der Waals surface area contributed by atoms with Gasteiger partial charge in [-0.1, -0.05) is 24.3 Å². The van der Waals surface area contributed by atoms with Crippen LogP contribution in [0.15, 0.2) is 30.5 Å². The van der Waals surface area contributed by atoms with Crippen LogP contribution in [0.4, 0.5) is 0 Å². The van der Waals surface area contributed by atoms with Gasteiger partial charge in [-0.05, 0) is 37.3 Å². The Morgan fingerprint density at radius 2 is 1.80 bits per heavy atom. The molecule has 0 aliphatic carbocycles. The Balaban J connectivity index is 2.35. The van der Waals surface area contributed by atoms with Gasteiger partial charge in [0, 0.05) is 23.8 Å². The van der Waals surface area contributed by atoms with Crippen LogP contribution in [0, 0.1) is 20.8 Å². The van der Waals surface area contributed by atoms with Crippen LogP contribution in [-0.4, -0.2) is 14.8 Å². The number of nitrogens with zero attached hydrogens (tertiary/aromatic N) is 3. The van der Waals surface area contributed by atoms with Crippen molar-refractivity contribution in [2.45, 2.75) is 27.3 Å². The second-order valence-electron chi connectivity index (χ2n) is 5.06. The lowest BCUT2D eigenvalue weighted by molar-refractivity contribution is 0.811. The van der Waals surface area contributed by atoms with Crippen LogP contribution < -0.4 is 5.73 Å². The number of hydrogen-bond donors (Lipinski definition) is 1. The molecular weight excluding hydrogens is 248 g/mol. The van der Waals surface area contributed by atoms with Gasteiger partial charge in [0.05, 0.1) is 5.69 Å². The van der Waals surface area contributed by atoms with E-state index in [9.17, 15) is 0 Å². The van der Waals surface area contributed by atoms with Crippen LogP contribution in [0.2, 0.25) is 0 Å². The summed E-state index contributed by atoms with van der Waals surface area (Å²) in [5.74, 6) is 0.867. The predicted octanol–water partition coefficient (Wildman–Crippen LogP) is 2.80. The fraction of sp³-hybridized carbons (Fsp3) is 0.250. The van der Waals surface area contributed by atoms with Gasteiger partial charge in [0.25, 0.3) is 0 Å². The molecule has 2 heterocycles. The Hall–Kier alpha value is -2.20. The summed E-state index contributed by atoms with van der Waals surface area (Å²) in [6, 6.07) is 8.20. The van der Waals surface area contributed by atoms with E-state index in [1.165, 1.54) is 5.56 Å². The zero-order valence-electron chi connectivity index (χ0n) is 12.0. The Morgan fingerprint density at radius 3 is 2.40 bits per heavy atom. The normalized spacial score (nSPS) is 11.2. The molecule has 0 atom stereocenters. The molecule has 0 aliphatic rings. The Bertz CT molecular complexity index is 787. The number of hydrogen-bond acceptors (Lipinski definition) is 3. The maximum absolute atomic E-state index is 5.80. The molecule has 0 radical (unpaired) electrons. The van der Waals surface area contributed by atoms with Crippen molar-refractivity contribution in [2.75, 3.05) is 0 Å². The lowest BCUT2D eigenvalue weighted by atomic mass is 10.1. The monoisotopic (exact) mass is 266 g/mol. The largest absolute Gasteiger partial charge is 0.326 e. The fourth-order valence-corrected chi connectivity index (χ4v) is 2.49. The van der Waals surface area contributed by atoms with Crippen LogP contribution in [0.5, 0.6) is 0 Å². The molecule has 20 heavy (non-hydrogen) atoms. The second kappa shape index (κ2) is 4.72. The van der Waals surface area contributed by atoms with E-state index in [2.05, 4.69) is 36.1 Å². The van der Waals surface area contributed by atoms with Crippen LogP contribution in [0.3, 0.4) is 0 Å². The Kier molecular flexibility index (Phi) is 3.03. The zero-order chi connectivity index (χ0) is 14.3. The van der Waals surface area contributed by atoms with E-state index in [-0.39, 0.29) is 0 Å². The summed E-state index contributed by atoms with van der Waals surface area (Å²) in [4.78, 5) is 4.58. The molecule has 4 heteroatoms. The van der Waals surface area contributed by atoms with Crippen molar-refractivity contribution in [1.82, 2.24) is 14.8 Å². The van der Waals surface area contributed by atoms with E-state index in [1.54, 1.807) is 0 Å². The number of aryl methyl sites for hydroxylation is 1. The molecule has 4 nitrogen and oxygen atoms in total. The molecule has 0 amide bonds. The minimum Gasteiger partial charge on any atom is -0.326 e. The maximum Gasteiger partial charge on any atom is 0.161 e. The summed E-state index contributed by atoms with van der Waals surface area (Å²) in [5.41, 5.74) is 10.2. The lowest BCUT2D eigenvalue weighted by Gasteiger charge is -2.10. The highest BCUT2D eigenvalue weighted by molar-refractivity contribution is 5.91. The molecule has 2 aromatic heterocycles. The Labute approximate surface area is 118 Å². The van der Waals surface area contributed by atoms with E-state index in [0.717, 1.165) is 33.5 Å². The number of fused-ring (bicyclic) bond motifs is 1. The van der Waals surface area contributed by atoms with Crippen molar-refractivity contribution in [3.05, 3.63) is 53.0 Å². The van der Waals surface area contributed by atoms with Gasteiger partial charge in [-0.2, -0.15) is 5.10 Å². The first-order chi connectivity index (χ1) is 9.63. The quantitative estimate of drug-likeness (QED) is 0.776. The van der Waals surface area contributed by atoms with Gasteiger partial charge in [-0.3, -0.25) is 0 Å². The van der Waals surface area contributed by atoms with E-state index in [1.807, 2.05) is 29.9 Å². The highest BCUT2D eigenvalue weighted by atomic mass is 15.3.